The molecule has 24 heavy (non-hydrogen) atoms. The highest BCUT2D eigenvalue weighted by Crippen LogP contribution is 2.40. The number of hydrogen-bond donors (Lipinski definition) is 0. The Kier molecular flexibility index (Phi) is 4.28. The molecule has 1 heterocycles. The number of hydrogen-bond acceptors (Lipinski definition) is 3. The van der Waals surface area contributed by atoms with Gasteiger partial charge in [0.15, 0.2) is 0 Å². The fourth-order valence-corrected chi connectivity index (χ4v) is 3.49. The van der Waals surface area contributed by atoms with E-state index in [2.05, 4.69) is 0 Å². The first-order valence-electron chi connectivity index (χ1n) is 7.49. The summed E-state index contributed by atoms with van der Waals surface area (Å²) < 4.78 is 13.1. The molecule has 3 nitrogen and oxygen atoms in total. The van der Waals surface area contributed by atoms with Crippen LogP contribution in [-0.4, -0.2) is 11.1 Å². The summed E-state index contributed by atoms with van der Waals surface area (Å²) in [6, 6.07) is 11.6. The molecule has 0 aliphatic carbocycles. The van der Waals surface area contributed by atoms with E-state index >= 15 is 0 Å². The van der Waals surface area contributed by atoms with Crippen molar-refractivity contribution in [2.45, 2.75) is 20.8 Å². The second-order valence-corrected chi connectivity index (χ2v) is 6.72. The minimum Gasteiger partial charge on any atom is -0.268 e. The van der Waals surface area contributed by atoms with Crippen LogP contribution >= 0.6 is 11.8 Å². The summed E-state index contributed by atoms with van der Waals surface area (Å²) in [5.74, 6) is -0.671. The summed E-state index contributed by atoms with van der Waals surface area (Å²) in [5.41, 5.74) is 3.85. The van der Waals surface area contributed by atoms with Gasteiger partial charge in [-0.15, -0.1) is 0 Å². The smallest absolute Gasteiger partial charge is 0.268 e. The van der Waals surface area contributed by atoms with E-state index in [1.54, 1.807) is 19.1 Å². The molecule has 0 spiro atoms. The standard InChI is InChI=1S/C19H16FNO2S/c1-11-4-5-12(2)16(10-11)21-18(22)17(24-19(21)23)13(3)14-6-8-15(20)9-7-14/h4-10H,1-3H3/b17-13-. The Morgan fingerprint density at radius 3 is 2.38 bits per heavy atom. The Balaban J connectivity index is 2.04. The molecule has 122 valence electrons. The van der Waals surface area contributed by atoms with Crippen molar-refractivity contribution < 1.29 is 14.0 Å². The molecule has 0 aromatic heterocycles. The van der Waals surface area contributed by atoms with Crippen LogP contribution < -0.4 is 4.90 Å². The van der Waals surface area contributed by atoms with Crippen molar-refractivity contribution in [1.29, 1.82) is 0 Å². The van der Waals surface area contributed by atoms with E-state index in [-0.39, 0.29) is 17.0 Å². The van der Waals surface area contributed by atoms with Crippen molar-refractivity contribution >= 4 is 34.2 Å². The average molecular weight is 341 g/mol. The number of carbonyl (C=O) groups is 2. The molecular weight excluding hydrogens is 325 g/mol. The summed E-state index contributed by atoms with van der Waals surface area (Å²) in [6.45, 7) is 5.56. The van der Waals surface area contributed by atoms with Crippen LogP contribution in [0.4, 0.5) is 14.9 Å². The first-order chi connectivity index (χ1) is 11.4. The van der Waals surface area contributed by atoms with Gasteiger partial charge in [-0.2, -0.15) is 0 Å². The summed E-state index contributed by atoms with van der Waals surface area (Å²) in [4.78, 5) is 26.8. The van der Waals surface area contributed by atoms with E-state index in [9.17, 15) is 14.0 Å². The maximum atomic E-state index is 13.1. The summed E-state index contributed by atoms with van der Waals surface area (Å²) in [7, 11) is 0. The Morgan fingerprint density at radius 1 is 1.04 bits per heavy atom. The van der Waals surface area contributed by atoms with E-state index < -0.39 is 0 Å². The first kappa shape index (κ1) is 16.5. The average Bonchev–Trinajstić information content (AvgIpc) is 2.84. The molecule has 2 aromatic carbocycles. The second kappa shape index (κ2) is 6.24. The van der Waals surface area contributed by atoms with Gasteiger partial charge in [-0.05, 0) is 73.0 Å². The lowest BCUT2D eigenvalue weighted by Crippen LogP contribution is -2.28. The van der Waals surface area contributed by atoms with Crippen LogP contribution in [0.2, 0.25) is 0 Å². The number of aryl methyl sites for hydroxylation is 2. The number of thioether (sulfide) groups is 1. The molecule has 1 aliphatic rings. The monoisotopic (exact) mass is 341 g/mol. The highest BCUT2D eigenvalue weighted by molar-refractivity contribution is 8.19. The van der Waals surface area contributed by atoms with Gasteiger partial charge in [0.25, 0.3) is 11.1 Å². The first-order valence-corrected chi connectivity index (χ1v) is 8.30. The molecule has 1 aliphatic heterocycles. The van der Waals surface area contributed by atoms with Crippen molar-refractivity contribution in [1.82, 2.24) is 0 Å². The number of anilines is 1. The molecule has 0 unspecified atom stereocenters. The molecular formula is C19H16FNO2S. The quantitative estimate of drug-likeness (QED) is 0.715. The van der Waals surface area contributed by atoms with Crippen molar-refractivity contribution in [3.05, 3.63) is 69.9 Å². The van der Waals surface area contributed by atoms with Gasteiger partial charge in [-0.25, -0.2) is 9.29 Å². The van der Waals surface area contributed by atoms with E-state index in [0.717, 1.165) is 28.5 Å². The zero-order valence-corrected chi connectivity index (χ0v) is 14.4. The molecule has 1 saturated heterocycles. The largest absolute Gasteiger partial charge is 0.298 e. The van der Waals surface area contributed by atoms with Crippen LogP contribution in [0.15, 0.2) is 47.4 Å². The number of carbonyl (C=O) groups excluding carboxylic acids is 2. The van der Waals surface area contributed by atoms with Gasteiger partial charge in [-0.3, -0.25) is 9.59 Å². The van der Waals surface area contributed by atoms with E-state index in [1.807, 2.05) is 32.0 Å². The topological polar surface area (TPSA) is 37.4 Å². The molecule has 0 bridgehead atoms. The maximum absolute atomic E-state index is 13.1. The fourth-order valence-electron chi connectivity index (χ4n) is 2.60. The third-order valence-corrected chi connectivity index (χ3v) is 5.03. The molecule has 0 radical (unpaired) electrons. The van der Waals surface area contributed by atoms with Crippen molar-refractivity contribution in [3.63, 3.8) is 0 Å². The van der Waals surface area contributed by atoms with Gasteiger partial charge < -0.3 is 0 Å². The molecule has 5 heteroatoms. The Labute approximate surface area is 144 Å². The molecule has 1 fully saturated rings. The number of nitrogens with zero attached hydrogens (tertiary/aromatic N) is 1. The SMILES string of the molecule is C/C(=C1/SC(=O)N(c2cc(C)ccc2C)C1=O)c1ccc(F)cc1. The van der Waals surface area contributed by atoms with Crippen LogP contribution in [0.1, 0.15) is 23.6 Å². The summed E-state index contributed by atoms with van der Waals surface area (Å²) >= 11 is 0.922. The molecule has 0 atom stereocenters. The third-order valence-electron chi connectivity index (χ3n) is 3.99. The predicted molar refractivity (Wildman–Crippen MR) is 95.4 cm³/mol. The third kappa shape index (κ3) is 2.87. The van der Waals surface area contributed by atoms with E-state index in [0.29, 0.717) is 16.2 Å². The van der Waals surface area contributed by atoms with E-state index in [1.165, 1.54) is 17.0 Å². The van der Waals surface area contributed by atoms with Gasteiger partial charge in [0.05, 0.1) is 10.6 Å². The summed E-state index contributed by atoms with van der Waals surface area (Å²) in [6.07, 6.45) is 0. The molecule has 0 N–H and O–H groups in total. The van der Waals surface area contributed by atoms with Gasteiger partial charge in [0, 0.05) is 0 Å². The maximum Gasteiger partial charge on any atom is 0.298 e. The van der Waals surface area contributed by atoms with Crippen molar-refractivity contribution in [2.75, 3.05) is 4.90 Å². The van der Waals surface area contributed by atoms with Gasteiger partial charge in [0.2, 0.25) is 0 Å². The van der Waals surface area contributed by atoms with Crippen LogP contribution in [-0.2, 0) is 4.79 Å². The minimum atomic E-state index is -0.338. The second-order valence-electron chi connectivity index (χ2n) is 5.76. The molecule has 0 saturated carbocycles. The van der Waals surface area contributed by atoms with Crippen LogP contribution in [0.3, 0.4) is 0 Å². The van der Waals surface area contributed by atoms with Crippen molar-refractivity contribution in [2.24, 2.45) is 0 Å². The lowest BCUT2D eigenvalue weighted by Gasteiger charge is -2.16. The highest BCUT2D eigenvalue weighted by atomic mass is 32.2. The lowest BCUT2D eigenvalue weighted by molar-refractivity contribution is -0.113. The molecule has 3 rings (SSSR count). The van der Waals surface area contributed by atoms with Crippen LogP contribution in [0.25, 0.3) is 5.57 Å². The van der Waals surface area contributed by atoms with E-state index in [4.69, 9.17) is 0 Å². The number of halogens is 1. The van der Waals surface area contributed by atoms with Crippen LogP contribution in [0.5, 0.6) is 0 Å². The van der Waals surface area contributed by atoms with Gasteiger partial charge in [0.1, 0.15) is 5.82 Å². The number of rotatable bonds is 2. The number of benzene rings is 2. The minimum absolute atomic E-state index is 0.315. The Hall–Kier alpha value is -2.40. The molecule has 2 amide bonds. The van der Waals surface area contributed by atoms with Crippen LogP contribution in [0, 0.1) is 19.7 Å². The zero-order valence-electron chi connectivity index (χ0n) is 13.6. The zero-order chi connectivity index (χ0) is 17.4. The number of imide groups is 1. The Bertz CT molecular complexity index is 871. The Morgan fingerprint density at radius 2 is 1.71 bits per heavy atom. The highest BCUT2D eigenvalue weighted by Gasteiger charge is 2.38. The normalized spacial score (nSPS) is 16.8. The lowest BCUT2D eigenvalue weighted by atomic mass is 10.1. The van der Waals surface area contributed by atoms with Gasteiger partial charge >= 0.3 is 0 Å². The predicted octanol–water partition coefficient (Wildman–Crippen LogP) is 5.07. The number of allylic oxidation sites excluding steroid dienone is 1. The van der Waals surface area contributed by atoms with Crippen molar-refractivity contribution in [3.8, 4) is 0 Å². The summed E-state index contributed by atoms with van der Waals surface area (Å²) in [5, 5.41) is -0.315. The van der Waals surface area contributed by atoms with Gasteiger partial charge in [-0.1, -0.05) is 24.3 Å². The number of amides is 2. The fraction of sp³-hybridized carbons (Fsp3) is 0.158. The molecule has 2 aromatic rings.